The van der Waals surface area contributed by atoms with Crippen LogP contribution in [0.25, 0.3) is 0 Å². The van der Waals surface area contributed by atoms with Crippen LogP contribution >= 0.6 is 34.8 Å². The number of rotatable bonds is 9. The monoisotopic (exact) mass is 521 g/mol. The van der Waals surface area contributed by atoms with Gasteiger partial charge in [-0.2, -0.15) is 5.10 Å². The van der Waals surface area contributed by atoms with Gasteiger partial charge >= 0.3 is 0 Å². The zero-order chi connectivity index (χ0) is 24.7. The second-order valence-electron chi connectivity index (χ2n) is 6.93. The van der Waals surface area contributed by atoms with E-state index < -0.39 is 10.8 Å². The third-order valence-corrected chi connectivity index (χ3v) is 5.58. The number of nitro groups is 1. The molecule has 176 valence electrons. The number of nitrogens with zero attached hydrogens (tertiary/aromatic N) is 2. The van der Waals surface area contributed by atoms with Crippen molar-refractivity contribution in [3.8, 4) is 11.5 Å². The number of methoxy groups -OCH3 is 1. The van der Waals surface area contributed by atoms with Crippen molar-refractivity contribution >= 4 is 52.6 Å². The van der Waals surface area contributed by atoms with Crippen molar-refractivity contribution in [2.75, 3.05) is 7.11 Å². The zero-order valence-corrected chi connectivity index (χ0v) is 20.0. The van der Waals surface area contributed by atoms with Gasteiger partial charge in [0.1, 0.15) is 6.61 Å². The molecule has 0 heterocycles. The van der Waals surface area contributed by atoms with Gasteiger partial charge in [0.25, 0.3) is 5.69 Å². The van der Waals surface area contributed by atoms with E-state index in [0.717, 1.165) is 5.56 Å². The average molecular weight is 523 g/mol. The third kappa shape index (κ3) is 6.60. The molecule has 0 bridgehead atoms. The first kappa shape index (κ1) is 25.3. The lowest BCUT2D eigenvalue weighted by Crippen LogP contribution is -2.20. The average Bonchev–Trinajstić information content (AvgIpc) is 2.80. The molecule has 3 aromatic rings. The summed E-state index contributed by atoms with van der Waals surface area (Å²) in [7, 11) is 1.47. The summed E-state index contributed by atoms with van der Waals surface area (Å²) >= 11 is 18.3. The number of carbonyl (C=O) groups excluding carboxylic acids is 1. The van der Waals surface area contributed by atoms with Gasteiger partial charge in [-0.1, -0.05) is 59.1 Å². The number of benzene rings is 3. The molecule has 0 spiro atoms. The number of amides is 1. The lowest BCUT2D eigenvalue weighted by Gasteiger charge is -2.13. The Labute approximate surface area is 210 Å². The minimum Gasteiger partial charge on any atom is -0.493 e. The summed E-state index contributed by atoms with van der Waals surface area (Å²) in [5.74, 6) is 0.179. The van der Waals surface area contributed by atoms with Crippen LogP contribution in [-0.2, 0) is 17.8 Å². The Balaban J connectivity index is 1.66. The van der Waals surface area contributed by atoms with Crippen molar-refractivity contribution in [3.63, 3.8) is 0 Å². The Bertz CT molecular complexity index is 1250. The molecule has 0 saturated carbocycles. The van der Waals surface area contributed by atoms with E-state index in [2.05, 4.69) is 10.5 Å². The highest BCUT2D eigenvalue weighted by Gasteiger charge is 2.15. The van der Waals surface area contributed by atoms with Gasteiger partial charge in [0.2, 0.25) is 5.91 Å². The number of hydrazone groups is 1. The molecule has 0 unspecified atom stereocenters. The Kier molecular flexibility index (Phi) is 8.70. The van der Waals surface area contributed by atoms with Crippen molar-refractivity contribution in [2.24, 2.45) is 5.10 Å². The molecule has 0 aliphatic carbocycles. The molecule has 3 rings (SSSR count). The van der Waals surface area contributed by atoms with E-state index in [1.54, 1.807) is 36.4 Å². The van der Waals surface area contributed by atoms with Crippen LogP contribution in [0.15, 0.2) is 59.7 Å². The molecule has 0 aliphatic rings. The minimum absolute atomic E-state index is 0.130. The minimum atomic E-state index is -0.536. The van der Waals surface area contributed by atoms with E-state index in [1.165, 1.54) is 31.5 Å². The van der Waals surface area contributed by atoms with Crippen molar-refractivity contribution in [1.82, 2.24) is 5.43 Å². The van der Waals surface area contributed by atoms with Crippen molar-refractivity contribution < 1.29 is 19.2 Å². The number of para-hydroxylation sites is 1. The van der Waals surface area contributed by atoms with Crippen LogP contribution in [0.2, 0.25) is 15.1 Å². The van der Waals surface area contributed by atoms with E-state index in [1.807, 2.05) is 0 Å². The van der Waals surface area contributed by atoms with E-state index in [9.17, 15) is 14.9 Å². The molecule has 0 aliphatic heterocycles. The molecule has 1 amide bonds. The summed E-state index contributed by atoms with van der Waals surface area (Å²) in [5.41, 5.74) is 3.83. The number of ether oxygens (including phenoxy) is 2. The van der Waals surface area contributed by atoms with E-state index in [4.69, 9.17) is 44.3 Å². The van der Waals surface area contributed by atoms with Gasteiger partial charge in [-0.05, 0) is 35.4 Å². The van der Waals surface area contributed by atoms with Crippen LogP contribution in [0.1, 0.15) is 16.7 Å². The standard InChI is InChI=1S/C23H18Cl3N3O5/c1-33-21-10-15(9-19(26)23(21)34-13-14-6-7-17(24)18(25)8-14)12-27-28-22(30)11-16-4-2-3-5-20(16)29(31)32/h2-10,12H,11,13H2,1H3,(H,28,30)/b27-12+. The molecule has 0 aromatic heterocycles. The van der Waals surface area contributed by atoms with Crippen molar-refractivity contribution in [1.29, 1.82) is 0 Å². The maximum atomic E-state index is 12.2. The van der Waals surface area contributed by atoms with Gasteiger partial charge in [0.05, 0.1) is 39.7 Å². The molecule has 1 N–H and O–H groups in total. The largest absolute Gasteiger partial charge is 0.493 e. The van der Waals surface area contributed by atoms with Gasteiger partial charge in [-0.25, -0.2) is 5.43 Å². The van der Waals surface area contributed by atoms with Gasteiger partial charge in [-0.15, -0.1) is 0 Å². The van der Waals surface area contributed by atoms with Crippen LogP contribution in [-0.4, -0.2) is 24.2 Å². The Morgan fingerprint density at radius 3 is 2.56 bits per heavy atom. The SMILES string of the molecule is COc1cc(/C=N/NC(=O)Cc2ccccc2[N+](=O)[O-])cc(Cl)c1OCc1ccc(Cl)c(Cl)c1. The fraction of sp³-hybridized carbons (Fsp3) is 0.130. The first-order valence-electron chi connectivity index (χ1n) is 9.77. The highest BCUT2D eigenvalue weighted by atomic mass is 35.5. The molecule has 3 aromatic carbocycles. The predicted octanol–water partition coefficient (Wildman–Crippen LogP) is 5.84. The van der Waals surface area contributed by atoms with Gasteiger partial charge < -0.3 is 9.47 Å². The van der Waals surface area contributed by atoms with Crippen LogP contribution in [0.3, 0.4) is 0 Å². The Morgan fingerprint density at radius 2 is 1.85 bits per heavy atom. The van der Waals surface area contributed by atoms with Crippen LogP contribution in [0.5, 0.6) is 11.5 Å². The molecule has 0 saturated heterocycles. The molecular weight excluding hydrogens is 505 g/mol. The lowest BCUT2D eigenvalue weighted by atomic mass is 10.1. The highest BCUT2D eigenvalue weighted by Crippen LogP contribution is 2.37. The van der Waals surface area contributed by atoms with Crippen LogP contribution in [0.4, 0.5) is 5.69 Å². The molecule has 0 radical (unpaired) electrons. The first-order valence-corrected chi connectivity index (χ1v) is 10.9. The number of nitro benzene ring substituents is 1. The molecule has 0 fully saturated rings. The first-order chi connectivity index (χ1) is 16.3. The summed E-state index contributed by atoms with van der Waals surface area (Å²) < 4.78 is 11.2. The van der Waals surface area contributed by atoms with Crippen molar-refractivity contribution in [2.45, 2.75) is 13.0 Å². The maximum Gasteiger partial charge on any atom is 0.273 e. The van der Waals surface area contributed by atoms with E-state index in [0.29, 0.717) is 27.1 Å². The number of hydrogen-bond acceptors (Lipinski definition) is 6. The summed E-state index contributed by atoms with van der Waals surface area (Å²) in [5, 5.41) is 16.1. The number of halogens is 3. The second-order valence-corrected chi connectivity index (χ2v) is 8.15. The summed E-state index contributed by atoms with van der Waals surface area (Å²) in [6.45, 7) is 0.183. The summed E-state index contributed by atoms with van der Waals surface area (Å²) in [4.78, 5) is 22.7. The third-order valence-electron chi connectivity index (χ3n) is 4.56. The Morgan fingerprint density at radius 1 is 1.09 bits per heavy atom. The maximum absolute atomic E-state index is 12.2. The zero-order valence-electron chi connectivity index (χ0n) is 17.8. The van der Waals surface area contributed by atoms with E-state index >= 15 is 0 Å². The van der Waals surface area contributed by atoms with E-state index in [-0.39, 0.29) is 29.3 Å². The van der Waals surface area contributed by atoms with Crippen LogP contribution < -0.4 is 14.9 Å². The quantitative estimate of drug-likeness (QED) is 0.216. The topological polar surface area (TPSA) is 103 Å². The number of nitrogens with one attached hydrogen (secondary N) is 1. The lowest BCUT2D eigenvalue weighted by molar-refractivity contribution is -0.385. The van der Waals surface area contributed by atoms with Gasteiger partial charge in [0.15, 0.2) is 11.5 Å². The second kappa shape index (κ2) is 11.7. The normalized spacial score (nSPS) is 10.8. The molecule has 8 nitrogen and oxygen atoms in total. The van der Waals surface area contributed by atoms with Crippen molar-refractivity contribution in [3.05, 3.63) is 96.5 Å². The Hall–Kier alpha value is -3.33. The fourth-order valence-electron chi connectivity index (χ4n) is 2.97. The highest BCUT2D eigenvalue weighted by molar-refractivity contribution is 6.42. The fourth-order valence-corrected chi connectivity index (χ4v) is 3.56. The molecule has 0 atom stereocenters. The molecule has 11 heteroatoms. The van der Waals surface area contributed by atoms with Crippen LogP contribution in [0, 0.1) is 10.1 Å². The molecule has 34 heavy (non-hydrogen) atoms. The molecular formula is C23H18Cl3N3O5. The number of hydrogen-bond donors (Lipinski definition) is 1. The predicted molar refractivity (Wildman–Crippen MR) is 131 cm³/mol. The van der Waals surface area contributed by atoms with Gasteiger partial charge in [-0.3, -0.25) is 14.9 Å². The number of carbonyl (C=O) groups is 1. The van der Waals surface area contributed by atoms with Gasteiger partial charge in [0, 0.05) is 11.6 Å². The smallest absolute Gasteiger partial charge is 0.273 e. The summed E-state index contributed by atoms with van der Waals surface area (Å²) in [6.07, 6.45) is 1.18. The summed E-state index contributed by atoms with van der Waals surface area (Å²) in [6, 6.07) is 14.4.